The number of aromatic nitrogens is 2. The Morgan fingerprint density at radius 1 is 0.515 bits per heavy atom. The molecule has 0 saturated carbocycles. The zero-order chi connectivity index (χ0) is 22.5. The van der Waals surface area contributed by atoms with E-state index in [1.807, 2.05) is 78.9 Å². The van der Waals surface area contributed by atoms with E-state index in [2.05, 4.69) is 36.4 Å². The highest BCUT2D eigenvalue weighted by atomic mass is 16.5. The van der Waals surface area contributed by atoms with E-state index in [1.54, 1.807) is 0 Å². The summed E-state index contributed by atoms with van der Waals surface area (Å²) in [5, 5.41) is 9.12. The molecule has 4 nitrogen and oxygen atoms in total. The Hall–Kier alpha value is -4.22. The summed E-state index contributed by atoms with van der Waals surface area (Å²) in [6, 6.07) is 38.2. The van der Waals surface area contributed by atoms with Gasteiger partial charge in [-0.25, -0.2) is 9.97 Å². The lowest BCUT2D eigenvalue weighted by Crippen LogP contribution is -2.00. The van der Waals surface area contributed by atoms with Crippen molar-refractivity contribution in [3.63, 3.8) is 0 Å². The van der Waals surface area contributed by atoms with Gasteiger partial charge in [-0.2, -0.15) is 0 Å². The van der Waals surface area contributed by atoms with Gasteiger partial charge in [0.15, 0.2) is 5.82 Å². The molecule has 0 unspecified atom stereocenters. The molecule has 4 aromatic carbocycles. The van der Waals surface area contributed by atoms with E-state index in [4.69, 9.17) is 19.6 Å². The third kappa shape index (κ3) is 4.69. The maximum Gasteiger partial charge on any atom is 0.504 e. The minimum atomic E-state index is -0.374. The van der Waals surface area contributed by atoms with Crippen LogP contribution >= 0.6 is 0 Å². The van der Waals surface area contributed by atoms with Crippen LogP contribution in [0, 0.1) is 0 Å². The van der Waals surface area contributed by atoms with Gasteiger partial charge < -0.3 is 9.68 Å². The smallest absolute Gasteiger partial charge is 0.504 e. The minimum Gasteiger partial charge on any atom is -0.539 e. The van der Waals surface area contributed by atoms with Gasteiger partial charge in [0.2, 0.25) is 0 Å². The lowest BCUT2D eigenvalue weighted by Gasteiger charge is -2.11. The first-order valence-electron chi connectivity index (χ1n) is 10.7. The van der Waals surface area contributed by atoms with E-state index >= 15 is 0 Å². The quantitative estimate of drug-likeness (QED) is 0.348. The summed E-state index contributed by atoms with van der Waals surface area (Å²) in [6.07, 6.45) is 0. The van der Waals surface area contributed by atoms with E-state index in [9.17, 15) is 0 Å². The van der Waals surface area contributed by atoms with E-state index in [0.29, 0.717) is 11.6 Å². The van der Waals surface area contributed by atoms with Gasteiger partial charge in [-0.15, -0.1) is 0 Å². The Morgan fingerprint density at radius 2 is 1.06 bits per heavy atom. The van der Waals surface area contributed by atoms with Crippen LogP contribution in [0.3, 0.4) is 0 Å². The van der Waals surface area contributed by atoms with Crippen molar-refractivity contribution in [3.05, 3.63) is 115 Å². The lowest BCUT2D eigenvalue weighted by molar-refractivity contribution is 0.454. The first kappa shape index (κ1) is 20.7. The second-order valence-corrected chi connectivity index (χ2v) is 7.57. The zero-order valence-electron chi connectivity index (χ0n) is 17.9. The van der Waals surface area contributed by atoms with Crippen LogP contribution in [0.5, 0.6) is 5.75 Å². The Morgan fingerprint density at radius 3 is 1.73 bits per heavy atom. The van der Waals surface area contributed by atoms with Crippen LogP contribution in [-0.4, -0.2) is 22.7 Å². The number of benzene rings is 4. The molecule has 0 saturated heterocycles. The lowest BCUT2D eigenvalue weighted by atomic mass is 10.0. The van der Waals surface area contributed by atoms with Crippen LogP contribution in [0.15, 0.2) is 115 Å². The van der Waals surface area contributed by atoms with Crippen LogP contribution in [0.25, 0.3) is 45.0 Å². The minimum absolute atomic E-state index is 0.374. The van der Waals surface area contributed by atoms with Crippen LogP contribution in [-0.2, 0) is 0 Å². The van der Waals surface area contributed by atoms with Crippen molar-refractivity contribution in [2.24, 2.45) is 0 Å². The van der Waals surface area contributed by atoms with E-state index in [-0.39, 0.29) is 7.69 Å². The first-order chi connectivity index (χ1) is 16.3. The van der Waals surface area contributed by atoms with E-state index in [1.165, 1.54) is 5.56 Å². The summed E-state index contributed by atoms with van der Waals surface area (Å²) >= 11 is 0. The topological polar surface area (TPSA) is 55.2 Å². The normalized spacial score (nSPS) is 10.6. The van der Waals surface area contributed by atoms with Crippen molar-refractivity contribution in [1.29, 1.82) is 0 Å². The van der Waals surface area contributed by atoms with Crippen molar-refractivity contribution in [1.82, 2.24) is 9.97 Å². The highest BCUT2D eigenvalue weighted by Gasteiger charge is 2.11. The molecule has 0 spiro atoms. The molecule has 1 heterocycles. The molecule has 0 aliphatic carbocycles. The third-order valence-corrected chi connectivity index (χ3v) is 5.41. The molecule has 0 aliphatic rings. The second-order valence-electron chi connectivity index (χ2n) is 7.57. The fourth-order valence-electron chi connectivity index (χ4n) is 3.74. The SMILES string of the molecule is OBOc1cccc(-c2cc(-c3ccccc3)nc(-c3ccc(-c4ccccc4)cc3)n2)c1. The molecule has 33 heavy (non-hydrogen) atoms. The Kier molecular flexibility index (Phi) is 5.96. The Balaban J connectivity index is 1.60. The van der Waals surface area contributed by atoms with Gasteiger partial charge in [0.1, 0.15) is 5.75 Å². The summed E-state index contributed by atoms with van der Waals surface area (Å²) < 4.78 is 5.27. The van der Waals surface area contributed by atoms with Crippen LogP contribution in [0.1, 0.15) is 0 Å². The predicted octanol–water partition coefficient (Wildman–Crippen LogP) is 5.78. The molecule has 0 bridgehead atoms. The molecular weight excluding hydrogens is 407 g/mol. The molecular formula is C28H21BN2O2. The number of hydrogen-bond acceptors (Lipinski definition) is 4. The van der Waals surface area contributed by atoms with Gasteiger partial charge in [-0.05, 0) is 29.3 Å². The highest BCUT2D eigenvalue weighted by molar-refractivity contribution is 6.17. The molecule has 0 amide bonds. The number of nitrogens with zero attached hydrogens (tertiary/aromatic N) is 2. The summed E-state index contributed by atoms with van der Waals surface area (Å²) in [6.45, 7) is 0. The fraction of sp³-hybridized carbons (Fsp3) is 0. The van der Waals surface area contributed by atoms with Gasteiger partial charge in [-0.3, -0.25) is 0 Å². The fourth-order valence-corrected chi connectivity index (χ4v) is 3.74. The molecule has 5 aromatic rings. The first-order valence-corrected chi connectivity index (χ1v) is 10.7. The predicted molar refractivity (Wildman–Crippen MR) is 134 cm³/mol. The van der Waals surface area contributed by atoms with Crippen LogP contribution in [0.2, 0.25) is 0 Å². The Labute approximate surface area is 193 Å². The van der Waals surface area contributed by atoms with E-state index < -0.39 is 0 Å². The maximum atomic E-state index is 9.12. The van der Waals surface area contributed by atoms with Gasteiger partial charge in [-0.1, -0.05) is 97.1 Å². The number of hydrogen-bond donors (Lipinski definition) is 1. The average Bonchev–Trinajstić information content (AvgIpc) is 2.90. The summed E-state index contributed by atoms with van der Waals surface area (Å²) in [5.41, 5.74) is 6.80. The summed E-state index contributed by atoms with van der Waals surface area (Å²) in [4.78, 5) is 9.75. The monoisotopic (exact) mass is 428 g/mol. The third-order valence-electron chi connectivity index (χ3n) is 5.41. The molecule has 0 aliphatic heterocycles. The highest BCUT2D eigenvalue weighted by Crippen LogP contribution is 2.30. The molecule has 0 atom stereocenters. The molecule has 0 radical (unpaired) electrons. The van der Waals surface area contributed by atoms with Crippen molar-refractivity contribution >= 4 is 7.69 Å². The summed E-state index contributed by atoms with van der Waals surface area (Å²) in [5.74, 6) is 1.24. The molecule has 0 fully saturated rings. The molecule has 5 rings (SSSR count). The molecule has 1 aromatic heterocycles. The molecule has 158 valence electrons. The van der Waals surface area contributed by atoms with Crippen molar-refractivity contribution in [3.8, 4) is 50.8 Å². The standard InChI is InChI=1S/C28H21BN2O2/c32-29-33-25-13-7-12-24(18-25)27-19-26(22-10-5-2-6-11-22)30-28(31-27)23-16-14-21(15-17-23)20-8-3-1-4-9-20/h1-19,29,32H. The van der Waals surface area contributed by atoms with Gasteiger partial charge in [0, 0.05) is 16.7 Å². The number of rotatable bonds is 6. The van der Waals surface area contributed by atoms with Gasteiger partial charge in [0.25, 0.3) is 0 Å². The largest absolute Gasteiger partial charge is 0.539 e. The molecule has 1 N–H and O–H groups in total. The van der Waals surface area contributed by atoms with Crippen molar-refractivity contribution in [2.45, 2.75) is 0 Å². The van der Waals surface area contributed by atoms with Crippen molar-refractivity contribution < 1.29 is 9.68 Å². The van der Waals surface area contributed by atoms with Crippen LogP contribution < -0.4 is 4.65 Å². The Bertz CT molecular complexity index is 1360. The van der Waals surface area contributed by atoms with E-state index in [0.717, 1.165) is 33.6 Å². The average molecular weight is 428 g/mol. The molecule has 5 heteroatoms. The van der Waals surface area contributed by atoms with Gasteiger partial charge >= 0.3 is 7.69 Å². The summed E-state index contributed by atoms with van der Waals surface area (Å²) in [7, 11) is -0.374. The van der Waals surface area contributed by atoms with Gasteiger partial charge in [0.05, 0.1) is 11.4 Å². The second kappa shape index (κ2) is 9.51. The van der Waals surface area contributed by atoms with Crippen LogP contribution in [0.4, 0.5) is 0 Å². The maximum absolute atomic E-state index is 9.12. The zero-order valence-corrected chi connectivity index (χ0v) is 17.9. The van der Waals surface area contributed by atoms with Crippen molar-refractivity contribution in [2.75, 3.05) is 0 Å².